The number of nitrogens with one attached hydrogen (secondary N) is 2. The number of amides is 1. The number of benzene rings is 2. The van der Waals surface area contributed by atoms with Gasteiger partial charge in [-0.3, -0.25) is 4.79 Å². The van der Waals surface area contributed by atoms with Crippen molar-refractivity contribution >= 4 is 23.1 Å². The first kappa shape index (κ1) is 20.0. The van der Waals surface area contributed by atoms with Gasteiger partial charge in [-0.05, 0) is 42.8 Å². The highest BCUT2D eigenvalue weighted by Crippen LogP contribution is 2.38. The van der Waals surface area contributed by atoms with Gasteiger partial charge < -0.3 is 24.8 Å². The quantitative estimate of drug-likeness (QED) is 0.619. The molecule has 0 unspecified atom stereocenters. The van der Waals surface area contributed by atoms with Crippen molar-refractivity contribution in [2.75, 3.05) is 32.0 Å². The van der Waals surface area contributed by atoms with Gasteiger partial charge in [-0.1, -0.05) is 18.2 Å². The lowest BCUT2D eigenvalue weighted by Crippen LogP contribution is -2.13. The highest BCUT2D eigenvalue weighted by Gasteiger charge is 2.17. The molecule has 0 radical (unpaired) electrons. The van der Waals surface area contributed by atoms with E-state index >= 15 is 0 Å². The van der Waals surface area contributed by atoms with Crippen molar-refractivity contribution in [1.82, 2.24) is 4.98 Å². The van der Waals surface area contributed by atoms with Gasteiger partial charge in [-0.25, -0.2) is 4.98 Å². The summed E-state index contributed by atoms with van der Waals surface area (Å²) < 4.78 is 15.9. The maximum atomic E-state index is 12.7. The second kappa shape index (κ2) is 8.97. The summed E-state index contributed by atoms with van der Waals surface area (Å²) in [5.74, 6) is 1.62. The number of carbonyl (C=O) groups excluding carboxylic acids is 1. The minimum Gasteiger partial charge on any atom is -0.493 e. The molecule has 2 aromatic carbocycles. The van der Waals surface area contributed by atoms with Gasteiger partial charge in [0, 0.05) is 11.3 Å². The molecule has 0 atom stereocenters. The third-order valence-electron chi connectivity index (χ3n) is 4.36. The van der Waals surface area contributed by atoms with Crippen molar-refractivity contribution in [2.24, 2.45) is 0 Å². The Bertz CT molecular complexity index is 978. The fourth-order valence-corrected chi connectivity index (χ4v) is 2.81. The lowest BCUT2D eigenvalue weighted by atomic mass is 10.1. The third-order valence-corrected chi connectivity index (χ3v) is 4.36. The first-order chi connectivity index (χ1) is 14.0. The molecule has 7 nitrogen and oxygen atoms in total. The van der Waals surface area contributed by atoms with Crippen LogP contribution in [0.1, 0.15) is 15.9 Å². The van der Waals surface area contributed by atoms with Crippen LogP contribution in [0.2, 0.25) is 0 Å². The molecular weight excluding hydrogens is 370 g/mol. The topological polar surface area (TPSA) is 81.7 Å². The Hall–Kier alpha value is -3.74. The standard InChI is InChI=1S/C22H23N3O4/c1-14-7-5-6-8-17(14)25-20-10-9-16(13-23-20)24-22(26)15-11-18(27-2)21(29-4)19(12-15)28-3/h5-13H,1-4H3,(H,23,25)(H,24,26). The average molecular weight is 393 g/mol. The molecule has 1 aromatic heterocycles. The van der Waals surface area contributed by atoms with Gasteiger partial charge in [-0.2, -0.15) is 0 Å². The van der Waals surface area contributed by atoms with Gasteiger partial charge in [0.05, 0.1) is 33.2 Å². The summed E-state index contributed by atoms with van der Waals surface area (Å²) in [4.78, 5) is 17.0. The van der Waals surface area contributed by atoms with E-state index in [9.17, 15) is 4.79 Å². The van der Waals surface area contributed by atoms with Crippen LogP contribution < -0.4 is 24.8 Å². The van der Waals surface area contributed by atoms with Gasteiger partial charge in [0.2, 0.25) is 5.75 Å². The first-order valence-electron chi connectivity index (χ1n) is 8.95. The number of para-hydroxylation sites is 1. The second-order valence-corrected chi connectivity index (χ2v) is 6.24. The van der Waals surface area contributed by atoms with Crippen molar-refractivity contribution in [3.05, 3.63) is 65.9 Å². The van der Waals surface area contributed by atoms with Crippen LogP contribution in [0.4, 0.5) is 17.2 Å². The molecule has 150 valence electrons. The molecule has 3 rings (SSSR count). The summed E-state index contributed by atoms with van der Waals surface area (Å²) in [6.45, 7) is 2.02. The molecule has 0 saturated carbocycles. The van der Waals surface area contributed by atoms with E-state index < -0.39 is 0 Å². The molecule has 0 aliphatic heterocycles. The van der Waals surface area contributed by atoms with E-state index in [2.05, 4.69) is 15.6 Å². The van der Waals surface area contributed by atoms with E-state index in [1.807, 2.05) is 31.2 Å². The second-order valence-electron chi connectivity index (χ2n) is 6.24. The Morgan fingerprint density at radius 3 is 2.17 bits per heavy atom. The number of hydrogen-bond donors (Lipinski definition) is 2. The summed E-state index contributed by atoms with van der Waals surface area (Å²) >= 11 is 0. The Morgan fingerprint density at radius 1 is 0.931 bits per heavy atom. The minimum atomic E-state index is -0.314. The van der Waals surface area contributed by atoms with E-state index in [1.54, 1.807) is 30.5 Å². The lowest BCUT2D eigenvalue weighted by Gasteiger charge is -2.14. The number of anilines is 3. The summed E-state index contributed by atoms with van der Waals surface area (Å²) in [5, 5.41) is 6.08. The number of carbonyl (C=O) groups is 1. The molecule has 0 spiro atoms. The maximum absolute atomic E-state index is 12.7. The fourth-order valence-electron chi connectivity index (χ4n) is 2.81. The molecule has 0 bridgehead atoms. The number of rotatable bonds is 7. The average Bonchev–Trinajstić information content (AvgIpc) is 2.75. The molecule has 0 fully saturated rings. The third kappa shape index (κ3) is 4.57. The number of methoxy groups -OCH3 is 3. The normalized spacial score (nSPS) is 10.2. The summed E-state index contributed by atoms with van der Waals surface area (Å²) in [6.07, 6.45) is 1.59. The van der Waals surface area contributed by atoms with Gasteiger partial charge in [-0.15, -0.1) is 0 Å². The predicted molar refractivity (Wildman–Crippen MR) is 113 cm³/mol. The van der Waals surface area contributed by atoms with Gasteiger partial charge >= 0.3 is 0 Å². The van der Waals surface area contributed by atoms with Crippen LogP contribution in [0.15, 0.2) is 54.7 Å². The largest absolute Gasteiger partial charge is 0.493 e. The number of aryl methyl sites for hydroxylation is 1. The molecule has 1 heterocycles. The Kier molecular flexibility index (Phi) is 6.19. The van der Waals surface area contributed by atoms with Crippen molar-refractivity contribution in [2.45, 2.75) is 6.92 Å². The van der Waals surface area contributed by atoms with Gasteiger partial charge in [0.25, 0.3) is 5.91 Å². The summed E-state index contributed by atoms with van der Waals surface area (Å²) in [7, 11) is 4.52. The fraction of sp³-hybridized carbons (Fsp3) is 0.182. The molecular formula is C22H23N3O4. The SMILES string of the molecule is COc1cc(C(=O)Nc2ccc(Nc3ccccc3C)nc2)cc(OC)c1OC. The van der Waals surface area contributed by atoms with E-state index in [0.29, 0.717) is 34.3 Å². The summed E-state index contributed by atoms with van der Waals surface area (Å²) in [6, 6.07) is 14.7. The monoisotopic (exact) mass is 393 g/mol. The van der Waals surface area contributed by atoms with Crippen molar-refractivity contribution in [1.29, 1.82) is 0 Å². The van der Waals surface area contributed by atoms with E-state index in [-0.39, 0.29) is 5.91 Å². The molecule has 1 amide bonds. The molecule has 0 aliphatic rings. The number of nitrogens with zero attached hydrogens (tertiary/aromatic N) is 1. The minimum absolute atomic E-state index is 0.314. The molecule has 7 heteroatoms. The number of hydrogen-bond acceptors (Lipinski definition) is 6. The zero-order valence-electron chi connectivity index (χ0n) is 16.8. The number of aromatic nitrogens is 1. The number of pyridine rings is 1. The lowest BCUT2D eigenvalue weighted by molar-refractivity contribution is 0.102. The summed E-state index contributed by atoms with van der Waals surface area (Å²) in [5.41, 5.74) is 3.05. The smallest absolute Gasteiger partial charge is 0.255 e. The highest BCUT2D eigenvalue weighted by molar-refractivity contribution is 6.05. The highest BCUT2D eigenvalue weighted by atomic mass is 16.5. The predicted octanol–water partition coefficient (Wildman–Crippen LogP) is 4.41. The van der Waals surface area contributed by atoms with Crippen LogP contribution in [0, 0.1) is 6.92 Å². The van der Waals surface area contributed by atoms with Crippen molar-refractivity contribution in [3.8, 4) is 17.2 Å². The first-order valence-corrected chi connectivity index (χ1v) is 8.95. The Balaban J connectivity index is 1.75. The van der Waals surface area contributed by atoms with Crippen LogP contribution in [-0.2, 0) is 0 Å². The zero-order chi connectivity index (χ0) is 20.8. The molecule has 0 aliphatic carbocycles. The molecule has 3 aromatic rings. The van der Waals surface area contributed by atoms with Crippen LogP contribution in [0.25, 0.3) is 0 Å². The van der Waals surface area contributed by atoms with Gasteiger partial charge in [0.15, 0.2) is 11.5 Å². The van der Waals surface area contributed by atoms with Crippen LogP contribution in [-0.4, -0.2) is 32.2 Å². The molecule has 29 heavy (non-hydrogen) atoms. The Labute approximate surface area is 169 Å². The van der Waals surface area contributed by atoms with Crippen LogP contribution in [0.3, 0.4) is 0 Å². The van der Waals surface area contributed by atoms with Crippen LogP contribution in [0.5, 0.6) is 17.2 Å². The van der Waals surface area contributed by atoms with Crippen LogP contribution >= 0.6 is 0 Å². The zero-order valence-corrected chi connectivity index (χ0v) is 16.8. The molecule has 0 saturated heterocycles. The van der Waals surface area contributed by atoms with Crippen molar-refractivity contribution in [3.63, 3.8) is 0 Å². The Morgan fingerprint density at radius 2 is 1.62 bits per heavy atom. The van der Waals surface area contributed by atoms with E-state index in [0.717, 1.165) is 11.3 Å². The van der Waals surface area contributed by atoms with Crippen molar-refractivity contribution < 1.29 is 19.0 Å². The molecule has 2 N–H and O–H groups in total. The van der Waals surface area contributed by atoms with E-state index in [1.165, 1.54) is 21.3 Å². The van der Waals surface area contributed by atoms with Gasteiger partial charge in [0.1, 0.15) is 5.82 Å². The van der Waals surface area contributed by atoms with E-state index in [4.69, 9.17) is 14.2 Å². The maximum Gasteiger partial charge on any atom is 0.255 e. The number of ether oxygens (including phenoxy) is 3.